The normalized spacial score (nSPS) is 9.64. The quantitative estimate of drug-likeness (QED) is 0.534. The number of methoxy groups -OCH3 is 1. The average Bonchev–Trinajstić information content (AvgIpc) is 2.20. The number of rotatable bonds is 2. The maximum absolute atomic E-state index is 13.4. The Bertz CT molecular complexity index is 385. The number of benzene rings is 1. The Balaban J connectivity index is 3.42. The molecule has 0 saturated carbocycles. The number of aldehydes is 1. The molecule has 1 aromatic carbocycles. The predicted molar refractivity (Wildman–Crippen MR) is 47.9 cm³/mol. The van der Waals surface area contributed by atoms with E-state index < -0.39 is 11.8 Å². The fourth-order valence-electron chi connectivity index (χ4n) is 1.10. The number of hydrogen-bond acceptors (Lipinski definition) is 3. The summed E-state index contributed by atoms with van der Waals surface area (Å²) in [5.41, 5.74) is -0.00144. The standard InChI is InChI=1S/C10H9FO3/c1-6-3-4-7(5-12)8(9(6)11)10(13)14-2/h3-5H,1-2H3. The molecule has 0 spiro atoms. The molecule has 0 aromatic heterocycles. The van der Waals surface area contributed by atoms with Crippen molar-refractivity contribution in [3.05, 3.63) is 34.6 Å². The van der Waals surface area contributed by atoms with Gasteiger partial charge in [0.1, 0.15) is 11.4 Å². The highest BCUT2D eigenvalue weighted by atomic mass is 19.1. The van der Waals surface area contributed by atoms with Crippen LogP contribution in [0.2, 0.25) is 0 Å². The molecule has 0 atom stereocenters. The molecular formula is C10H9FO3. The van der Waals surface area contributed by atoms with Gasteiger partial charge in [0.2, 0.25) is 0 Å². The van der Waals surface area contributed by atoms with Crippen molar-refractivity contribution in [1.29, 1.82) is 0 Å². The molecule has 0 aliphatic rings. The van der Waals surface area contributed by atoms with Gasteiger partial charge in [0.05, 0.1) is 7.11 Å². The van der Waals surface area contributed by atoms with Crippen LogP contribution in [-0.2, 0) is 4.74 Å². The highest BCUT2D eigenvalue weighted by Gasteiger charge is 2.18. The second kappa shape index (κ2) is 4.00. The highest BCUT2D eigenvalue weighted by molar-refractivity contribution is 5.98. The molecule has 0 bridgehead atoms. The van der Waals surface area contributed by atoms with E-state index in [4.69, 9.17) is 0 Å². The van der Waals surface area contributed by atoms with E-state index in [2.05, 4.69) is 4.74 Å². The third kappa shape index (κ3) is 1.64. The number of ether oxygens (including phenoxy) is 1. The van der Waals surface area contributed by atoms with Crippen LogP contribution in [0.1, 0.15) is 26.3 Å². The number of carbonyl (C=O) groups is 2. The van der Waals surface area contributed by atoms with Gasteiger partial charge in [-0.15, -0.1) is 0 Å². The number of aryl methyl sites for hydroxylation is 1. The molecule has 0 amide bonds. The maximum Gasteiger partial charge on any atom is 0.341 e. The zero-order chi connectivity index (χ0) is 10.7. The smallest absolute Gasteiger partial charge is 0.341 e. The number of esters is 1. The molecular weight excluding hydrogens is 187 g/mol. The van der Waals surface area contributed by atoms with E-state index in [-0.39, 0.29) is 11.1 Å². The zero-order valence-corrected chi connectivity index (χ0v) is 7.83. The molecule has 0 aliphatic carbocycles. The van der Waals surface area contributed by atoms with Crippen LogP contribution in [-0.4, -0.2) is 19.4 Å². The van der Waals surface area contributed by atoms with E-state index in [1.165, 1.54) is 19.1 Å². The first kappa shape index (κ1) is 10.4. The Kier molecular flexibility index (Phi) is 2.96. The lowest BCUT2D eigenvalue weighted by molar-refractivity contribution is 0.0593. The Morgan fingerprint density at radius 2 is 2.14 bits per heavy atom. The molecule has 1 rings (SSSR count). The van der Waals surface area contributed by atoms with E-state index in [1.54, 1.807) is 0 Å². The van der Waals surface area contributed by atoms with Crippen molar-refractivity contribution in [2.24, 2.45) is 0 Å². The number of halogens is 1. The summed E-state index contributed by atoms with van der Waals surface area (Å²) in [6.07, 6.45) is 0.425. The van der Waals surface area contributed by atoms with Gasteiger partial charge in [-0.1, -0.05) is 12.1 Å². The van der Waals surface area contributed by atoms with Crippen molar-refractivity contribution in [1.82, 2.24) is 0 Å². The van der Waals surface area contributed by atoms with Gasteiger partial charge in [0.15, 0.2) is 6.29 Å². The van der Waals surface area contributed by atoms with Crippen molar-refractivity contribution in [2.75, 3.05) is 7.11 Å². The van der Waals surface area contributed by atoms with E-state index in [0.717, 1.165) is 7.11 Å². The first-order chi connectivity index (χ1) is 6.61. The fourth-order valence-corrected chi connectivity index (χ4v) is 1.10. The largest absolute Gasteiger partial charge is 0.465 e. The van der Waals surface area contributed by atoms with Gasteiger partial charge in [-0.05, 0) is 12.5 Å². The summed E-state index contributed by atoms with van der Waals surface area (Å²) in [5, 5.41) is 0. The van der Waals surface area contributed by atoms with E-state index in [9.17, 15) is 14.0 Å². The lowest BCUT2D eigenvalue weighted by Crippen LogP contribution is -2.09. The molecule has 0 radical (unpaired) electrons. The topological polar surface area (TPSA) is 43.4 Å². The average molecular weight is 196 g/mol. The van der Waals surface area contributed by atoms with Crippen LogP contribution in [0.15, 0.2) is 12.1 Å². The van der Waals surface area contributed by atoms with Crippen molar-refractivity contribution in [3.63, 3.8) is 0 Å². The summed E-state index contributed by atoms with van der Waals surface area (Å²) in [5.74, 6) is -1.55. The van der Waals surface area contributed by atoms with E-state index >= 15 is 0 Å². The van der Waals surface area contributed by atoms with Crippen LogP contribution in [0, 0.1) is 12.7 Å². The molecule has 0 heterocycles. The first-order valence-electron chi connectivity index (χ1n) is 3.94. The molecule has 0 aliphatic heterocycles. The predicted octanol–water partition coefficient (Wildman–Crippen LogP) is 1.73. The van der Waals surface area contributed by atoms with Gasteiger partial charge >= 0.3 is 5.97 Å². The molecule has 1 aromatic rings. The maximum atomic E-state index is 13.4. The van der Waals surface area contributed by atoms with Gasteiger partial charge in [-0.25, -0.2) is 9.18 Å². The van der Waals surface area contributed by atoms with Gasteiger partial charge in [0.25, 0.3) is 0 Å². The lowest BCUT2D eigenvalue weighted by atomic mass is 10.0. The minimum atomic E-state index is -0.840. The van der Waals surface area contributed by atoms with Crippen LogP contribution in [0.3, 0.4) is 0 Å². The molecule has 0 N–H and O–H groups in total. The summed E-state index contributed by atoms with van der Waals surface area (Å²) < 4.78 is 17.8. The first-order valence-corrected chi connectivity index (χ1v) is 3.94. The van der Waals surface area contributed by atoms with Crippen LogP contribution in [0.25, 0.3) is 0 Å². The van der Waals surface area contributed by atoms with Crippen LogP contribution in [0.4, 0.5) is 4.39 Å². The van der Waals surface area contributed by atoms with Crippen LogP contribution in [0.5, 0.6) is 0 Å². The Labute approximate surface area is 80.5 Å². The van der Waals surface area contributed by atoms with Gasteiger partial charge in [0, 0.05) is 5.56 Å². The number of carbonyl (C=O) groups excluding carboxylic acids is 2. The van der Waals surface area contributed by atoms with Gasteiger partial charge in [-0.3, -0.25) is 4.79 Å². The molecule has 0 fully saturated rings. The van der Waals surface area contributed by atoms with Gasteiger partial charge < -0.3 is 4.74 Å². The summed E-state index contributed by atoms with van der Waals surface area (Å²) in [6.45, 7) is 1.51. The molecule has 0 saturated heterocycles. The SMILES string of the molecule is COC(=O)c1c(C=O)ccc(C)c1F. The monoisotopic (exact) mass is 196 g/mol. The summed E-state index contributed by atoms with van der Waals surface area (Å²) >= 11 is 0. The summed E-state index contributed by atoms with van der Waals surface area (Å²) in [7, 11) is 1.14. The zero-order valence-electron chi connectivity index (χ0n) is 7.83. The molecule has 3 nitrogen and oxygen atoms in total. The van der Waals surface area contributed by atoms with E-state index in [0.29, 0.717) is 11.8 Å². The molecule has 4 heteroatoms. The number of hydrogen-bond donors (Lipinski definition) is 0. The Morgan fingerprint density at radius 3 is 2.64 bits per heavy atom. The van der Waals surface area contributed by atoms with E-state index in [1.807, 2.05) is 0 Å². The third-order valence-electron chi connectivity index (χ3n) is 1.88. The molecule has 14 heavy (non-hydrogen) atoms. The van der Waals surface area contributed by atoms with Crippen molar-refractivity contribution in [3.8, 4) is 0 Å². The van der Waals surface area contributed by atoms with Crippen LogP contribution >= 0.6 is 0 Å². The summed E-state index contributed by atoms with van der Waals surface area (Å²) in [6, 6.07) is 2.82. The fraction of sp³-hybridized carbons (Fsp3) is 0.200. The highest BCUT2D eigenvalue weighted by Crippen LogP contribution is 2.16. The minimum absolute atomic E-state index is 0.0000463. The lowest BCUT2D eigenvalue weighted by Gasteiger charge is -2.05. The van der Waals surface area contributed by atoms with Crippen molar-refractivity contribution < 1.29 is 18.7 Å². The second-order valence-electron chi connectivity index (χ2n) is 2.77. The third-order valence-corrected chi connectivity index (χ3v) is 1.88. The van der Waals surface area contributed by atoms with Gasteiger partial charge in [-0.2, -0.15) is 0 Å². The molecule has 74 valence electrons. The second-order valence-corrected chi connectivity index (χ2v) is 2.77. The van der Waals surface area contributed by atoms with Crippen molar-refractivity contribution in [2.45, 2.75) is 6.92 Å². The van der Waals surface area contributed by atoms with Crippen molar-refractivity contribution >= 4 is 12.3 Å². The molecule has 0 unspecified atom stereocenters. The Hall–Kier alpha value is -1.71. The minimum Gasteiger partial charge on any atom is -0.465 e. The Morgan fingerprint density at radius 1 is 1.50 bits per heavy atom. The summed E-state index contributed by atoms with van der Waals surface area (Å²) in [4.78, 5) is 21.7. The van der Waals surface area contributed by atoms with Crippen LogP contribution < -0.4 is 0 Å².